The molecule has 2 atom stereocenters. The highest BCUT2D eigenvalue weighted by atomic mass is 32.2. The molecule has 2 aromatic carbocycles. The fraction of sp³-hybridized carbons (Fsp3) is 0.481. The standard InChI is InChI=1S/C27H39N5O4S/c1-27(2,20-10-4-3-5-11-20)21-12-8-14-23(18-21)37(35,36)31-24(15-9-16-30-26(28)29)25(34)32-17-7-6-13-22(32)19-33/h3-5,8,10-12,14,18,22,24,31,33H,6-7,9,13,15-17,19H2,1-2H3,(H4,28,29,30)/t22-,24+/m1/s1. The number of rotatable bonds is 11. The molecule has 202 valence electrons. The Balaban J connectivity index is 1.86. The third-order valence-electron chi connectivity index (χ3n) is 7.06. The first-order chi connectivity index (χ1) is 17.6. The molecule has 0 unspecified atom stereocenters. The Hall–Kier alpha value is -2.95. The number of likely N-dealkylation sites (tertiary alicyclic amines) is 1. The molecular weight excluding hydrogens is 490 g/mol. The van der Waals surface area contributed by atoms with Gasteiger partial charge in [-0.05, 0) is 55.4 Å². The molecule has 37 heavy (non-hydrogen) atoms. The van der Waals surface area contributed by atoms with E-state index in [0.717, 1.165) is 24.0 Å². The van der Waals surface area contributed by atoms with E-state index in [0.29, 0.717) is 25.9 Å². The molecule has 6 N–H and O–H groups in total. The number of nitrogens with one attached hydrogen (secondary N) is 3. The number of benzene rings is 2. The van der Waals surface area contributed by atoms with Crippen LogP contribution in [-0.4, -0.2) is 62.1 Å². The van der Waals surface area contributed by atoms with Gasteiger partial charge in [0.1, 0.15) is 6.04 Å². The number of amides is 1. The smallest absolute Gasteiger partial charge is 0.241 e. The minimum Gasteiger partial charge on any atom is -0.394 e. The second-order valence-electron chi connectivity index (χ2n) is 10.0. The van der Waals surface area contributed by atoms with Crippen LogP contribution in [0.1, 0.15) is 57.1 Å². The summed E-state index contributed by atoms with van der Waals surface area (Å²) in [6.45, 7) is 4.75. The van der Waals surface area contributed by atoms with Crippen LogP contribution in [0.3, 0.4) is 0 Å². The number of hydrogen-bond acceptors (Lipinski definition) is 5. The lowest BCUT2D eigenvalue weighted by Gasteiger charge is -2.37. The first-order valence-electron chi connectivity index (χ1n) is 12.7. The van der Waals surface area contributed by atoms with Gasteiger partial charge < -0.3 is 21.1 Å². The maximum Gasteiger partial charge on any atom is 0.241 e. The molecule has 2 aromatic rings. The third kappa shape index (κ3) is 7.30. The van der Waals surface area contributed by atoms with Crippen molar-refractivity contribution in [1.29, 1.82) is 5.41 Å². The second-order valence-corrected chi connectivity index (χ2v) is 11.8. The van der Waals surface area contributed by atoms with Crippen molar-refractivity contribution in [3.8, 4) is 0 Å². The van der Waals surface area contributed by atoms with E-state index in [2.05, 4.69) is 10.0 Å². The van der Waals surface area contributed by atoms with Crippen molar-refractivity contribution in [1.82, 2.24) is 14.9 Å². The van der Waals surface area contributed by atoms with Crippen molar-refractivity contribution in [2.75, 3.05) is 19.7 Å². The number of aliphatic hydroxyl groups excluding tert-OH is 1. The van der Waals surface area contributed by atoms with E-state index in [1.54, 1.807) is 17.0 Å². The molecule has 0 bridgehead atoms. The van der Waals surface area contributed by atoms with Gasteiger partial charge in [0.15, 0.2) is 5.96 Å². The summed E-state index contributed by atoms with van der Waals surface area (Å²) >= 11 is 0. The maximum absolute atomic E-state index is 13.5. The van der Waals surface area contributed by atoms with Gasteiger partial charge in [-0.15, -0.1) is 0 Å². The average molecular weight is 530 g/mol. The molecule has 0 aromatic heterocycles. The van der Waals surface area contributed by atoms with E-state index in [1.807, 2.05) is 50.2 Å². The van der Waals surface area contributed by atoms with Crippen molar-refractivity contribution in [2.45, 2.75) is 68.3 Å². The molecule has 10 heteroatoms. The van der Waals surface area contributed by atoms with E-state index in [9.17, 15) is 18.3 Å². The van der Waals surface area contributed by atoms with Gasteiger partial charge >= 0.3 is 0 Å². The number of aliphatic hydroxyl groups is 1. The summed E-state index contributed by atoms with van der Waals surface area (Å²) in [5.74, 6) is -0.524. The quantitative estimate of drug-likeness (QED) is 0.171. The molecule has 1 heterocycles. The number of nitrogens with two attached hydrogens (primary N) is 1. The number of carbonyl (C=O) groups is 1. The monoisotopic (exact) mass is 529 g/mol. The topological polar surface area (TPSA) is 149 Å². The van der Waals surface area contributed by atoms with Crippen LogP contribution in [-0.2, 0) is 20.2 Å². The van der Waals surface area contributed by atoms with E-state index in [4.69, 9.17) is 11.1 Å². The molecule has 1 amide bonds. The van der Waals surface area contributed by atoms with Crippen LogP contribution in [0.25, 0.3) is 0 Å². The van der Waals surface area contributed by atoms with E-state index >= 15 is 0 Å². The van der Waals surface area contributed by atoms with Crippen LogP contribution in [0.15, 0.2) is 59.5 Å². The molecule has 0 aliphatic carbocycles. The van der Waals surface area contributed by atoms with Crippen LogP contribution in [0.4, 0.5) is 0 Å². The molecule has 1 saturated heterocycles. The Kier molecular flexibility index (Phi) is 9.69. The lowest BCUT2D eigenvalue weighted by Crippen LogP contribution is -2.54. The number of carbonyl (C=O) groups excluding carboxylic acids is 1. The van der Waals surface area contributed by atoms with Crippen molar-refractivity contribution >= 4 is 21.9 Å². The summed E-state index contributed by atoms with van der Waals surface area (Å²) in [4.78, 5) is 15.2. The summed E-state index contributed by atoms with van der Waals surface area (Å²) in [6, 6.07) is 15.4. The third-order valence-corrected chi connectivity index (χ3v) is 8.53. The van der Waals surface area contributed by atoms with Gasteiger partial charge in [0.2, 0.25) is 15.9 Å². The Bertz CT molecular complexity index is 1170. The number of nitrogens with zero attached hydrogens (tertiary/aromatic N) is 1. The van der Waals surface area contributed by atoms with Gasteiger partial charge in [0.25, 0.3) is 0 Å². The first-order valence-corrected chi connectivity index (χ1v) is 14.2. The van der Waals surface area contributed by atoms with Crippen LogP contribution in [0.5, 0.6) is 0 Å². The van der Waals surface area contributed by atoms with Crippen molar-refractivity contribution in [3.63, 3.8) is 0 Å². The molecule has 9 nitrogen and oxygen atoms in total. The summed E-state index contributed by atoms with van der Waals surface area (Å²) in [6.07, 6.45) is 3.06. The number of piperidine rings is 1. The fourth-order valence-corrected chi connectivity index (χ4v) is 6.04. The Morgan fingerprint density at radius 3 is 2.54 bits per heavy atom. The zero-order valence-electron chi connectivity index (χ0n) is 21.6. The summed E-state index contributed by atoms with van der Waals surface area (Å²) in [5, 5.41) is 19.8. The van der Waals surface area contributed by atoms with E-state index in [1.165, 1.54) is 6.07 Å². The van der Waals surface area contributed by atoms with Gasteiger partial charge in [0.05, 0.1) is 17.5 Å². The zero-order chi connectivity index (χ0) is 27.1. The molecule has 0 spiro atoms. The normalized spacial score (nSPS) is 17.3. The summed E-state index contributed by atoms with van der Waals surface area (Å²) < 4.78 is 29.7. The Morgan fingerprint density at radius 2 is 1.86 bits per heavy atom. The molecule has 0 radical (unpaired) electrons. The minimum atomic E-state index is -4.03. The van der Waals surface area contributed by atoms with Gasteiger partial charge in [-0.1, -0.05) is 56.3 Å². The van der Waals surface area contributed by atoms with Gasteiger partial charge in [0, 0.05) is 18.5 Å². The SMILES string of the molecule is CC(C)(c1ccccc1)c1cccc(S(=O)(=O)N[C@@H](CCCNC(=N)N)C(=O)N2CCCC[C@@H]2CO)c1. The largest absolute Gasteiger partial charge is 0.394 e. The molecule has 0 saturated carbocycles. The van der Waals surface area contributed by atoms with Gasteiger partial charge in [-0.2, -0.15) is 4.72 Å². The minimum absolute atomic E-state index is 0.0889. The molecular formula is C27H39N5O4S. The Labute approximate surface area is 220 Å². The molecule has 3 rings (SSSR count). The maximum atomic E-state index is 13.5. The van der Waals surface area contributed by atoms with Crippen molar-refractivity contribution in [2.24, 2.45) is 5.73 Å². The van der Waals surface area contributed by atoms with E-state index in [-0.39, 0.29) is 35.8 Å². The second kappa shape index (κ2) is 12.5. The van der Waals surface area contributed by atoms with Crippen molar-refractivity contribution < 1.29 is 18.3 Å². The van der Waals surface area contributed by atoms with Crippen LogP contribution >= 0.6 is 0 Å². The number of sulfonamides is 1. The van der Waals surface area contributed by atoms with Crippen LogP contribution in [0, 0.1) is 5.41 Å². The molecule has 1 fully saturated rings. The predicted molar refractivity (Wildman–Crippen MR) is 145 cm³/mol. The average Bonchev–Trinajstić information content (AvgIpc) is 2.90. The lowest BCUT2D eigenvalue weighted by atomic mass is 9.78. The lowest BCUT2D eigenvalue weighted by molar-refractivity contribution is -0.138. The summed E-state index contributed by atoms with van der Waals surface area (Å²) in [5.41, 5.74) is 6.82. The van der Waals surface area contributed by atoms with Gasteiger partial charge in [-0.3, -0.25) is 10.2 Å². The first kappa shape index (κ1) is 28.6. The van der Waals surface area contributed by atoms with Crippen LogP contribution in [0.2, 0.25) is 0 Å². The highest BCUT2D eigenvalue weighted by molar-refractivity contribution is 7.89. The number of hydrogen-bond donors (Lipinski definition) is 5. The Morgan fingerprint density at radius 1 is 1.16 bits per heavy atom. The highest BCUT2D eigenvalue weighted by Crippen LogP contribution is 2.32. The van der Waals surface area contributed by atoms with Crippen molar-refractivity contribution in [3.05, 3.63) is 65.7 Å². The number of guanidine groups is 1. The summed E-state index contributed by atoms with van der Waals surface area (Å²) in [7, 11) is -4.03. The molecule has 1 aliphatic heterocycles. The fourth-order valence-electron chi connectivity index (χ4n) is 4.77. The zero-order valence-corrected chi connectivity index (χ0v) is 22.4. The van der Waals surface area contributed by atoms with Gasteiger partial charge in [-0.25, -0.2) is 8.42 Å². The highest BCUT2D eigenvalue weighted by Gasteiger charge is 2.34. The van der Waals surface area contributed by atoms with Crippen LogP contribution < -0.4 is 15.8 Å². The molecule has 1 aliphatic rings. The van der Waals surface area contributed by atoms with E-state index < -0.39 is 21.5 Å². The predicted octanol–water partition coefficient (Wildman–Crippen LogP) is 2.30.